The lowest BCUT2D eigenvalue weighted by Crippen LogP contribution is -2.32. The number of rotatable bonds is 6. The quantitative estimate of drug-likeness (QED) is 0.757. The van der Waals surface area contributed by atoms with Crippen LogP contribution in [0.25, 0.3) is 0 Å². The van der Waals surface area contributed by atoms with Gasteiger partial charge < -0.3 is 14.8 Å². The molecule has 0 aliphatic rings. The van der Waals surface area contributed by atoms with E-state index >= 15 is 0 Å². The third-order valence-corrected chi connectivity index (χ3v) is 3.01. The maximum absolute atomic E-state index is 11.8. The summed E-state index contributed by atoms with van der Waals surface area (Å²) in [5.74, 6) is 1.03. The molecule has 114 valence electrons. The van der Waals surface area contributed by atoms with Crippen molar-refractivity contribution in [1.82, 2.24) is 15.1 Å². The number of carbonyl (C=O) groups excluding carboxylic acids is 1. The molecule has 0 spiro atoms. The molecule has 0 radical (unpaired) electrons. The zero-order valence-electron chi connectivity index (χ0n) is 12.2. The summed E-state index contributed by atoms with van der Waals surface area (Å²) in [7, 11) is 1.77. The Hall–Kier alpha value is -2.28. The first kappa shape index (κ1) is 15.1. The summed E-state index contributed by atoms with van der Waals surface area (Å²) in [6.45, 7) is 2.14. The second-order valence-electron chi connectivity index (χ2n) is 4.76. The second-order valence-corrected chi connectivity index (χ2v) is 4.76. The van der Waals surface area contributed by atoms with Gasteiger partial charge in [0, 0.05) is 13.1 Å². The smallest absolute Gasteiger partial charge is 0.320 e. The van der Waals surface area contributed by atoms with Gasteiger partial charge in [0.25, 0.3) is 0 Å². The van der Waals surface area contributed by atoms with Crippen molar-refractivity contribution >= 4 is 11.8 Å². The molecule has 0 bridgehead atoms. The van der Waals surface area contributed by atoms with Gasteiger partial charge in [-0.1, -0.05) is 13.3 Å². The molecule has 1 atom stereocenters. The topological polar surface area (TPSA) is 92.3 Å². The standard InChI is InChI=1S/C14H20N4O3/c1-3-5-10-8-13(18(2)17-10)16-14(20)15-9-11(19)12-6-4-7-21-12/h4,6-8,11,19H,3,5,9H2,1-2H3,(H2,15,16,20). The van der Waals surface area contributed by atoms with Crippen LogP contribution in [0.1, 0.15) is 30.9 Å². The first-order chi connectivity index (χ1) is 10.1. The van der Waals surface area contributed by atoms with Crippen molar-refractivity contribution in [1.29, 1.82) is 0 Å². The molecule has 2 amide bonds. The number of aromatic nitrogens is 2. The third kappa shape index (κ3) is 4.09. The normalized spacial score (nSPS) is 12.1. The van der Waals surface area contributed by atoms with Crippen LogP contribution in [0.4, 0.5) is 10.6 Å². The van der Waals surface area contributed by atoms with Gasteiger partial charge in [0.2, 0.25) is 0 Å². The van der Waals surface area contributed by atoms with Gasteiger partial charge in [0.15, 0.2) is 0 Å². The highest BCUT2D eigenvalue weighted by atomic mass is 16.4. The summed E-state index contributed by atoms with van der Waals surface area (Å²) in [6, 6.07) is 4.78. The number of aliphatic hydroxyl groups is 1. The van der Waals surface area contributed by atoms with Crippen LogP contribution >= 0.6 is 0 Å². The number of hydrogen-bond acceptors (Lipinski definition) is 4. The summed E-state index contributed by atoms with van der Waals surface area (Å²) in [4.78, 5) is 11.8. The Morgan fingerprint density at radius 2 is 2.38 bits per heavy atom. The number of hydrogen-bond donors (Lipinski definition) is 3. The number of aliphatic hydroxyl groups excluding tert-OH is 1. The highest BCUT2D eigenvalue weighted by Gasteiger charge is 2.13. The Kier molecular flexibility index (Phi) is 4.99. The van der Waals surface area contributed by atoms with E-state index in [0.29, 0.717) is 11.6 Å². The lowest BCUT2D eigenvalue weighted by atomic mass is 10.2. The van der Waals surface area contributed by atoms with E-state index in [9.17, 15) is 9.90 Å². The lowest BCUT2D eigenvalue weighted by Gasteiger charge is -2.10. The molecule has 0 aliphatic carbocycles. The van der Waals surface area contributed by atoms with Crippen molar-refractivity contribution < 1.29 is 14.3 Å². The molecule has 2 rings (SSSR count). The maximum atomic E-state index is 11.8. The zero-order chi connectivity index (χ0) is 15.2. The van der Waals surface area contributed by atoms with Gasteiger partial charge in [0.1, 0.15) is 17.7 Å². The SMILES string of the molecule is CCCc1cc(NC(=O)NCC(O)c2ccco2)n(C)n1. The van der Waals surface area contributed by atoms with Gasteiger partial charge in [-0.2, -0.15) is 5.10 Å². The summed E-state index contributed by atoms with van der Waals surface area (Å²) in [5, 5.41) is 19.4. The summed E-state index contributed by atoms with van der Waals surface area (Å²) < 4.78 is 6.68. The van der Waals surface area contributed by atoms with E-state index in [4.69, 9.17) is 4.42 Å². The van der Waals surface area contributed by atoms with Gasteiger partial charge >= 0.3 is 6.03 Å². The van der Waals surface area contributed by atoms with Crippen molar-refractivity contribution in [2.24, 2.45) is 7.05 Å². The van der Waals surface area contributed by atoms with Crippen LogP contribution in [-0.4, -0.2) is 27.5 Å². The molecule has 0 aromatic carbocycles. The monoisotopic (exact) mass is 292 g/mol. The first-order valence-electron chi connectivity index (χ1n) is 6.89. The van der Waals surface area contributed by atoms with E-state index in [1.54, 1.807) is 23.9 Å². The number of urea groups is 1. The molecular formula is C14H20N4O3. The van der Waals surface area contributed by atoms with Crippen LogP contribution in [0.3, 0.4) is 0 Å². The molecule has 0 aliphatic heterocycles. The predicted octanol–water partition coefficient (Wildman–Crippen LogP) is 1.82. The molecule has 2 aromatic heterocycles. The van der Waals surface area contributed by atoms with Crippen LogP contribution in [-0.2, 0) is 13.5 Å². The predicted molar refractivity (Wildman–Crippen MR) is 77.9 cm³/mol. The molecule has 2 aromatic rings. The number of anilines is 1. The average Bonchev–Trinajstić information content (AvgIpc) is 3.08. The van der Waals surface area contributed by atoms with E-state index in [0.717, 1.165) is 18.5 Å². The van der Waals surface area contributed by atoms with Crippen molar-refractivity contribution in [3.05, 3.63) is 35.9 Å². The zero-order valence-corrected chi connectivity index (χ0v) is 12.2. The molecule has 21 heavy (non-hydrogen) atoms. The van der Waals surface area contributed by atoms with Gasteiger partial charge in [-0.25, -0.2) is 4.79 Å². The van der Waals surface area contributed by atoms with E-state index in [2.05, 4.69) is 22.7 Å². The van der Waals surface area contributed by atoms with E-state index < -0.39 is 12.1 Å². The lowest BCUT2D eigenvalue weighted by molar-refractivity contribution is 0.149. The molecule has 0 saturated heterocycles. The Labute approximate surface area is 123 Å². The Morgan fingerprint density at radius 3 is 3.05 bits per heavy atom. The van der Waals surface area contributed by atoms with Gasteiger partial charge in [-0.3, -0.25) is 10.00 Å². The molecule has 7 heteroatoms. The minimum Gasteiger partial charge on any atom is -0.467 e. The van der Waals surface area contributed by atoms with Crippen LogP contribution in [0, 0.1) is 0 Å². The van der Waals surface area contributed by atoms with Crippen LogP contribution in [0.15, 0.2) is 28.9 Å². The van der Waals surface area contributed by atoms with Crippen molar-refractivity contribution in [2.45, 2.75) is 25.9 Å². The van der Waals surface area contributed by atoms with E-state index in [1.807, 2.05) is 6.07 Å². The second kappa shape index (κ2) is 6.94. The minimum absolute atomic E-state index is 0.0685. The first-order valence-corrected chi connectivity index (χ1v) is 6.89. The minimum atomic E-state index is -0.868. The van der Waals surface area contributed by atoms with Gasteiger partial charge in [-0.15, -0.1) is 0 Å². The fraction of sp³-hybridized carbons (Fsp3) is 0.429. The molecule has 0 fully saturated rings. The van der Waals surface area contributed by atoms with Crippen molar-refractivity contribution in [3.8, 4) is 0 Å². The number of aryl methyl sites for hydroxylation is 2. The Balaban J connectivity index is 1.84. The summed E-state index contributed by atoms with van der Waals surface area (Å²) in [6.07, 6.45) is 2.48. The molecule has 2 heterocycles. The van der Waals surface area contributed by atoms with Gasteiger partial charge in [-0.05, 0) is 18.6 Å². The molecule has 0 saturated carbocycles. The van der Waals surface area contributed by atoms with Crippen LogP contribution in [0.5, 0.6) is 0 Å². The molecule has 3 N–H and O–H groups in total. The third-order valence-electron chi connectivity index (χ3n) is 3.01. The highest BCUT2D eigenvalue weighted by Crippen LogP contribution is 2.12. The molecular weight excluding hydrogens is 272 g/mol. The highest BCUT2D eigenvalue weighted by molar-refractivity contribution is 5.88. The number of nitrogens with zero attached hydrogens (tertiary/aromatic N) is 2. The van der Waals surface area contributed by atoms with Crippen molar-refractivity contribution in [2.75, 3.05) is 11.9 Å². The van der Waals surface area contributed by atoms with Crippen LogP contribution < -0.4 is 10.6 Å². The van der Waals surface area contributed by atoms with Crippen LogP contribution in [0.2, 0.25) is 0 Å². The average molecular weight is 292 g/mol. The summed E-state index contributed by atoms with van der Waals surface area (Å²) in [5.41, 5.74) is 0.936. The molecule has 1 unspecified atom stereocenters. The van der Waals surface area contributed by atoms with Crippen molar-refractivity contribution in [3.63, 3.8) is 0 Å². The fourth-order valence-electron chi connectivity index (χ4n) is 1.95. The number of carbonyl (C=O) groups is 1. The maximum Gasteiger partial charge on any atom is 0.320 e. The number of amides is 2. The van der Waals surface area contributed by atoms with E-state index in [-0.39, 0.29) is 6.54 Å². The van der Waals surface area contributed by atoms with E-state index in [1.165, 1.54) is 6.26 Å². The van der Waals surface area contributed by atoms with Gasteiger partial charge in [0.05, 0.1) is 18.5 Å². The Bertz CT molecular complexity index is 577. The largest absolute Gasteiger partial charge is 0.467 e. The number of nitrogens with one attached hydrogen (secondary N) is 2. The summed E-state index contributed by atoms with van der Waals surface area (Å²) >= 11 is 0. The molecule has 7 nitrogen and oxygen atoms in total. The number of furan rings is 1. The fourth-order valence-corrected chi connectivity index (χ4v) is 1.95. The Morgan fingerprint density at radius 1 is 1.57 bits per heavy atom.